The molecule has 0 aromatic heterocycles. The van der Waals surface area contributed by atoms with E-state index in [1.54, 1.807) is 45.0 Å². The van der Waals surface area contributed by atoms with Crippen LogP contribution in [0.5, 0.6) is 0 Å². The number of Topliss-reactive ketones (excluding diaryl/α,β-unsaturated/α-hetero) is 1. The molecule has 0 heterocycles. The average molecular weight is 292 g/mol. The number of carbonyl (C=O) groups excluding carboxylic acids is 2. The van der Waals surface area contributed by atoms with Gasteiger partial charge in [0.25, 0.3) is 0 Å². The Labute approximate surface area is 123 Å². The predicted molar refractivity (Wildman–Crippen MR) is 77.1 cm³/mol. The van der Waals surface area contributed by atoms with E-state index in [0.29, 0.717) is 11.1 Å². The normalized spacial score (nSPS) is 12.6. The number of carboxylic acids is 1. The van der Waals surface area contributed by atoms with E-state index in [2.05, 4.69) is 0 Å². The van der Waals surface area contributed by atoms with Crippen LogP contribution in [-0.2, 0) is 20.7 Å². The molecular formula is C16H20O5. The highest BCUT2D eigenvalue weighted by Crippen LogP contribution is 2.16. The first-order valence-electron chi connectivity index (χ1n) is 6.65. The smallest absolute Gasteiger partial charge is 0.321 e. The fourth-order valence-electron chi connectivity index (χ4n) is 1.76. The Balaban J connectivity index is 2.86. The first kappa shape index (κ1) is 16.9. The molecule has 5 nitrogen and oxygen atoms in total. The van der Waals surface area contributed by atoms with E-state index in [4.69, 9.17) is 4.74 Å². The lowest BCUT2D eigenvalue weighted by Crippen LogP contribution is -2.33. The van der Waals surface area contributed by atoms with Gasteiger partial charge < -0.3 is 9.84 Å². The van der Waals surface area contributed by atoms with Crippen LogP contribution in [0.2, 0.25) is 0 Å². The number of aliphatic carboxylic acids is 1. The molecule has 0 saturated carbocycles. The van der Waals surface area contributed by atoms with Crippen molar-refractivity contribution in [3.8, 4) is 0 Å². The third-order valence-corrected chi connectivity index (χ3v) is 2.79. The number of ketones is 1. The molecule has 1 atom stereocenters. The van der Waals surface area contributed by atoms with Gasteiger partial charge in [0.15, 0.2) is 11.7 Å². The molecule has 0 spiro atoms. The van der Waals surface area contributed by atoms with Crippen LogP contribution >= 0.6 is 0 Å². The molecule has 0 aliphatic rings. The highest BCUT2D eigenvalue weighted by atomic mass is 16.6. The van der Waals surface area contributed by atoms with Crippen molar-refractivity contribution in [1.29, 1.82) is 0 Å². The zero-order valence-corrected chi connectivity index (χ0v) is 12.7. The quantitative estimate of drug-likeness (QED) is 0.512. The summed E-state index contributed by atoms with van der Waals surface area (Å²) in [5, 5.41) is 9.19. The summed E-state index contributed by atoms with van der Waals surface area (Å²) in [5.74, 6) is -3.30. The standard InChI is InChI=1S/C16H20O5/c1-10(17)12-7-5-11(6-8-12)9-13(14(18)19)15(20)21-16(2,3)4/h5-8,13H,9H2,1-4H3,(H,18,19)/t13-/m0/s1. The molecule has 1 aromatic carbocycles. The molecule has 0 bridgehead atoms. The Morgan fingerprint density at radius 2 is 1.67 bits per heavy atom. The number of rotatable bonds is 5. The minimum atomic E-state index is -1.26. The maximum Gasteiger partial charge on any atom is 0.321 e. The highest BCUT2D eigenvalue weighted by Gasteiger charge is 2.31. The van der Waals surface area contributed by atoms with Crippen molar-refractivity contribution in [2.45, 2.75) is 39.7 Å². The maximum absolute atomic E-state index is 11.9. The predicted octanol–water partition coefficient (Wildman–Crippen LogP) is 2.47. The number of carbonyl (C=O) groups is 3. The summed E-state index contributed by atoms with van der Waals surface area (Å²) in [7, 11) is 0. The van der Waals surface area contributed by atoms with Crippen LogP contribution < -0.4 is 0 Å². The molecule has 0 aliphatic carbocycles. The molecule has 0 amide bonds. The number of hydrogen-bond donors (Lipinski definition) is 1. The molecular weight excluding hydrogens is 272 g/mol. The van der Waals surface area contributed by atoms with Crippen LogP contribution in [0.4, 0.5) is 0 Å². The molecule has 0 saturated heterocycles. The van der Waals surface area contributed by atoms with Crippen molar-refractivity contribution in [1.82, 2.24) is 0 Å². The summed E-state index contributed by atoms with van der Waals surface area (Å²) in [6, 6.07) is 6.53. The van der Waals surface area contributed by atoms with Crippen molar-refractivity contribution >= 4 is 17.7 Å². The summed E-state index contributed by atoms with van der Waals surface area (Å²) >= 11 is 0. The van der Waals surface area contributed by atoms with E-state index >= 15 is 0 Å². The van der Waals surface area contributed by atoms with Gasteiger partial charge in [-0.15, -0.1) is 0 Å². The lowest BCUT2D eigenvalue weighted by Gasteiger charge is -2.22. The van der Waals surface area contributed by atoms with Gasteiger partial charge in [0.05, 0.1) is 0 Å². The highest BCUT2D eigenvalue weighted by molar-refractivity contribution is 5.95. The first-order chi connectivity index (χ1) is 9.60. The minimum Gasteiger partial charge on any atom is -0.481 e. The monoisotopic (exact) mass is 292 g/mol. The second-order valence-corrected chi connectivity index (χ2v) is 5.88. The Morgan fingerprint density at radius 3 is 2.05 bits per heavy atom. The third-order valence-electron chi connectivity index (χ3n) is 2.79. The largest absolute Gasteiger partial charge is 0.481 e. The second-order valence-electron chi connectivity index (χ2n) is 5.88. The van der Waals surface area contributed by atoms with Crippen molar-refractivity contribution < 1.29 is 24.2 Å². The fourth-order valence-corrected chi connectivity index (χ4v) is 1.76. The van der Waals surface area contributed by atoms with Gasteiger partial charge in [0.2, 0.25) is 0 Å². The Hall–Kier alpha value is -2.17. The zero-order chi connectivity index (χ0) is 16.2. The zero-order valence-electron chi connectivity index (χ0n) is 12.7. The number of carboxylic acid groups (broad SMARTS) is 1. The Morgan fingerprint density at radius 1 is 1.14 bits per heavy atom. The van der Waals surface area contributed by atoms with Crippen LogP contribution in [0.1, 0.15) is 43.6 Å². The maximum atomic E-state index is 11.9. The van der Waals surface area contributed by atoms with Crippen LogP contribution in [0.3, 0.4) is 0 Å². The molecule has 1 aromatic rings. The SMILES string of the molecule is CC(=O)c1ccc(C[C@@H](C(=O)O)C(=O)OC(C)(C)C)cc1. The molecule has 21 heavy (non-hydrogen) atoms. The summed E-state index contributed by atoms with van der Waals surface area (Å²) in [6.45, 7) is 6.51. The Kier molecular flexibility index (Phi) is 5.24. The van der Waals surface area contributed by atoms with Gasteiger partial charge in [-0.2, -0.15) is 0 Å². The molecule has 114 valence electrons. The van der Waals surface area contributed by atoms with Gasteiger partial charge in [0.1, 0.15) is 5.60 Å². The third kappa shape index (κ3) is 5.38. The van der Waals surface area contributed by atoms with Crippen LogP contribution in [0, 0.1) is 5.92 Å². The van der Waals surface area contributed by atoms with Gasteiger partial charge in [-0.25, -0.2) is 0 Å². The van der Waals surface area contributed by atoms with E-state index in [1.165, 1.54) is 6.92 Å². The molecule has 1 rings (SSSR count). The van der Waals surface area contributed by atoms with E-state index in [9.17, 15) is 19.5 Å². The molecule has 0 fully saturated rings. The van der Waals surface area contributed by atoms with Crippen molar-refractivity contribution in [3.05, 3.63) is 35.4 Å². The van der Waals surface area contributed by atoms with E-state index in [-0.39, 0.29) is 12.2 Å². The van der Waals surface area contributed by atoms with E-state index < -0.39 is 23.5 Å². The topological polar surface area (TPSA) is 80.7 Å². The lowest BCUT2D eigenvalue weighted by molar-refractivity contribution is -0.166. The molecule has 0 radical (unpaired) electrons. The van der Waals surface area contributed by atoms with Gasteiger partial charge in [-0.3, -0.25) is 14.4 Å². The lowest BCUT2D eigenvalue weighted by atomic mass is 9.98. The van der Waals surface area contributed by atoms with Crippen molar-refractivity contribution in [3.63, 3.8) is 0 Å². The Bertz CT molecular complexity index is 537. The van der Waals surface area contributed by atoms with Gasteiger partial charge in [-0.05, 0) is 39.7 Å². The first-order valence-corrected chi connectivity index (χ1v) is 6.65. The summed E-state index contributed by atoms with van der Waals surface area (Å²) < 4.78 is 5.12. The second kappa shape index (κ2) is 6.52. The summed E-state index contributed by atoms with van der Waals surface area (Å²) in [6.07, 6.45) is 0.0302. The number of ether oxygens (including phenoxy) is 1. The molecule has 5 heteroatoms. The van der Waals surface area contributed by atoms with Gasteiger partial charge >= 0.3 is 11.9 Å². The molecule has 1 N–H and O–H groups in total. The van der Waals surface area contributed by atoms with Gasteiger partial charge in [0, 0.05) is 5.56 Å². The van der Waals surface area contributed by atoms with E-state index in [0.717, 1.165) is 0 Å². The minimum absolute atomic E-state index is 0.0302. The van der Waals surface area contributed by atoms with Gasteiger partial charge in [-0.1, -0.05) is 24.3 Å². The van der Waals surface area contributed by atoms with Crippen molar-refractivity contribution in [2.24, 2.45) is 5.92 Å². The summed E-state index contributed by atoms with van der Waals surface area (Å²) in [5.41, 5.74) is 0.477. The van der Waals surface area contributed by atoms with E-state index in [1.807, 2.05) is 0 Å². The van der Waals surface area contributed by atoms with Crippen LogP contribution in [0.25, 0.3) is 0 Å². The number of hydrogen-bond acceptors (Lipinski definition) is 4. The number of esters is 1. The van der Waals surface area contributed by atoms with Crippen LogP contribution in [-0.4, -0.2) is 28.4 Å². The molecule has 0 aliphatic heterocycles. The number of benzene rings is 1. The average Bonchev–Trinajstić information content (AvgIpc) is 2.33. The van der Waals surface area contributed by atoms with Crippen molar-refractivity contribution in [2.75, 3.05) is 0 Å². The fraction of sp³-hybridized carbons (Fsp3) is 0.438. The molecule has 0 unspecified atom stereocenters. The van der Waals surface area contributed by atoms with Crippen LogP contribution in [0.15, 0.2) is 24.3 Å². The summed E-state index contributed by atoms with van der Waals surface area (Å²) in [4.78, 5) is 34.4.